The lowest BCUT2D eigenvalue weighted by atomic mass is 10.0. The van der Waals surface area contributed by atoms with E-state index >= 15 is 0 Å². The van der Waals surface area contributed by atoms with E-state index < -0.39 is 0 Å². The number of benzene rings is 3. The average Bonchev–Trinajstić information content (AvgIpc) is 2.73. The molecule has 0 saturated carbocycles. The second-order valence-corrected chi connectivity index (χ2v) is 8.74. The first-order valence-corrected chi connectivity index (χ1v) is 11.1. The highest BCUT2D eigenvalue weighted by molar-refractivity contribution is 6.36. The zero-order chi connectivity index (χ0) is 21.1. The van der Waals surface area contributed by atoms with Gasteiger partial charge in [0.2, 0.25) is 0 Å². The van der Waals surface area contributed by atoms with Gasteiger partial charge in [-0.25, -0.2) is 4.39 Å². The van der Waals surface area contributed by atoms with Crippen LogP contribution in [0.2, 0.25) is 15.1 Å². The predicted octanol–water partition coefficient (Wildman–Crippen LogP) is 7.19. The van der Waals surface area contributed by atoms with Crippen LogP contribution in [0.5, 0.6) is 0 Å². The maximum Gasteiger partial charge on any atom is 0.123 e. The summed E-state index contributed by atoms with van der Waals surface area (Å²) in [6.07, 6.45) is 0.894. The van der Waals surface area contributed by atoms with Gasteiger partial charge >= 0.3 is 0 Å². The molecule has 2 nitrogen and oxygen atoms in total. The van der Waals surface area contributed by atoms with Crippen LogP contribution in [-0.2, 0) is 13.1 Å². The van der Waals surface area contributed by atoms with Crippen molar-refractivity contribution in [2.45, 2.75) is 25.7 Å². The second-order valence-electron chi connectivity index (χ2n) is 7.52. The monoisotopic (exact) mass is 462 g/mol. The number of nitrogens with zero attached hydrogens (tertiary/aromatic N) is 2. The van der Waals surface area contributed by atoms with Gasteiger partial charge in [0, 0.05) is 46.8 Å². The van der Waals surface area contributed by atoms with E-state index in [1.54, 1.807) is 0 Å². The molecule has 0 aliphatic carbocycles. The van der Waals surface area contributed by atoms with Crippen molar-refractivity contribution in [3.05, 3.63) is 104 Å². The van der Waals surface area contributed by atoms with E-state index in [9.17, 15) is 4.39 Å². The van der Waals surface area contributed by atoms with E-state index in [2.05, 4.69) is 9.80 Å². The molecule has 3 aromatic carbocycles. The Kier molecular flexibility index (Phi) is 6.97. The zero-order valence-corrected chi connectivity index (χ0v) is 18.6. The van der Waals surface area contributed by atoms with Crippen LogP contribution in [0.25, 0.3) is 0 Å². The van der Waals surface area contributed by atoms with Crippen molar-refractivity contribution in [2.24, 2.45) is 0 Å². The standard InChI is InChI=1S/C24H22Cl3FN2/c25-20-6-2-1-5-18(20)16-30-14-4-13-29(15-17-9-11-19(28)12-10-17)24(30)23-21(26)7-3-8-22(23)27/h1-3,5-12,24H,4,13-16H2. The van der Waals surface area contributed by atoms with E-state index in [1.807, 2.05) is 54.6 Å². The van der Waals surface area contributed by atoms with Crippen LogP contribution < -0.4 is 0 Å². The molecule has 156 valence electrons. The van der Waals surface area contributed by atoms with Crippen LogP contribution >= 0.6 is 34.8 Å². The van der Waals surface area contributed by atoms with Crippen molar-refractivity contribution in [1.82, 2.24) is 9.80 Å². The lowest BCUT2D eigenvalue weighted by Crippen LogP contribution is -2.47. The molecule has 0 aromatic heterocycles. The summed E-state index contributed by atoms with van der Waals surface area (Å²) < 4.78 is 13.4. The van der Waals surface area contributed by atoms with Crippen molar-refractivity contribution in [3.8, 4) is 0 Å². The van der Waals surface area contributed by atoms with E-state index in [1.165, 1.54) is 12.1 Å². The maximum atomic E-state index is 13.4. The van der Waals surface area contributed by atoms with Gasteiger partial charge in [-0.2, -0.15) is 0 Å². The van der Waals surface area contributed by atoms with Crippen molar-refractivity contribution in [3.63, 3.8) is 0 Å². The third-order valence-electron chi connectivity index (χ3n) is 5.47. The van der Waals surface area contributed by atoms with E-state index in [-0.39, 0.29) is 12.0 Å². The van der Waals surface area contributed by atoms with Crippen LogP contribution in [0.15, 0.2) is 66.7 Å². The first-order valence-electron chi connectivity index (χ1n) is 9.93. The third-order valence-corrected chi connectivity index (χ3v) is 6.50. The van der Waals surface area contributed by atoms with E-state index in [4.69, 9.17) is 34.8 Å². The average molecular weight is 464 g/mol. The van der Waals surface area contributed by atoms with Gasteiger partial charge in [-0.3, -0.25) is 9.80 Å². The summed E-state index contributed by atoms with van der Waals surface area (Å²) in [5.74, 6) is -0.233. The van der Waals surface area contributed by atoms with Gasteiger partial charge in [0.25, 0.3) is 0 Å². The molecule has 1 aliphatic rings. The molecule has 3 aromatic rings. The van der Waals surface area contributed by atoms with Crippen molar-refractivity contribution < 1.29 is 4.39 Å². The highest BCUT2D eigenvalue weighted by atomic mass is 35.5. The van der Waals surface area contributed by atoms with Gasteiger partial charge in [0.05, 0.1) is 6.17 Å². The fourth-order valence-electron chi connectivity index (χ4n) is 4.08. The smallest absolute Gasteiger partial charge is 0.123 e. The Labute approximate surface area is 191 Å². The third kappa shape index (κ3) is 4.82. The van der Waals surface area contributed by atoms with Gasteiger partial charge < -0.3 is 0 Å². The fraction of sp³-hybridized carbons (Fsp3) is 0.250. The molecule has 1 saturated heterocycles. The first-order chi connectivity index (χ1) is 14.5. The molecule has 1 atom stereocenters. The molecule has 0 amide bonds. The minimum absolute atomic E-state index is 0.110. The van der Waals surface area contributed by atoms with Gasteiger partial charge in [-0.15, -0.1) is 0 Å². The van der Waals surface area contributed by atoms with Crippen molar-refractivity contribution in [2.75, 3.05) is 13.1 Å². The fourth-order valence-corrected chi connectivity index (χ4v) is 4.86. The predicted molar refractivity (Wildman–Crippen MR) is 122 cm³/mol. The molecule has 0 N–H and O–H groups in total. The summed E-state index contributed by atoms with van der Waals surface area (Å²) >= 11 is 19.7. The molecule has 4 rings (SSSR count). The quantitative estimate of drug-likeness (QED) is 0.395. The Balaban J connectivity index is 1.71. The Bertz CT molecular complexity index is 989. The second kappa shape index (κ2) is 9.67. The summed E-state index contributed by atoms with van der Waals surface area (Å²) in [7, 11) is 0. The molecule has 0 spiro atoms. The van der Waals surface area contributed by atoms with Gasteiger partial charge in [-0.05, 0) is 47.9 Å². The summed E-state index contributed by atoms with van der Waals surface area (Å²) in [5.41, 5.74) is 3.01. The minimum atomic E-state index is -0.233. The van der Waals surface area contributed by atoms with Crippen LogP contribution in [0.4, 0.5) is 4.39 Å². The number of rotatable bonds is 5. The Morgan fingerprint density at radius 1 is 0.733 bits per heavy atom. The summed E-state index contributed by atoms with van der Waals surface area (Å²) in [6, 6.07) is 20.2. The molecule has 1 heterocycles. The van der Waals surface area contributed by atoms with E-state index in [0.29, 0.717) is 23.1 Å². The number of hydrogen-bond acceptors (Lipinski definition) is 2. The SMILES string of the molecule is Fc1ccc(CN2CCCN(Cc3ccccc3Cl)C2c2c(Cl)cccc2Cl)cc1. The summed E-state index contributed by atoms with van der Waals surface area (Å²) in [6.45, 7) is 3.15. The van der Waals surface area contributed by atoms with Gasteiger partial charge in [-0.1, -0.05) is 71.2 Å². The number of hydrogen-bond donors (Lipinski definition) is 0. The van der Waals surface area contributed by atoms with Gasteiger partial charge in [0.1, 0.15) is 5.82 Å². The Hall–Kier alpha value is -1.62. The van der Waals surface area contributed by atoms with E-state index in [0.717, 1.165) is 41.2 Å². The summed E-state index contributed by atoms with van der Waals surface area (Å²) in [5, 5.41) is 2.03. The lowest BCUT2D eigenvalue weighted by molar-refractivity contribution is -0.00896. The molecule has 1 fully saturated rings. The van der Waals surface area contributed by atoms with Crippen molar-refractivity contribution in [1.29, 1.82) is 0 Å². The highest BCUT2D eigenvalue weighted by Crippen LogP contribution is 2.39. The summed E-state index contributed by atoms with van der Waals surface area (Å²) in [4.78, 5) is 4.71. The number of halogens is 4. The van der Waals surface area contributed by atoms with Crippen LogP contribution in [-0.4, -0.2) is 22.9 Å². The Morgan fingerprint density at radius 2 is 1.33 bits per heavy atom. The lowest BCUT2D eigenvalue weighted by Gasteiger charge is -2.45. The molecule has 1 unspecified atom stereocenters. The van der Waals surface area contributed by atoms with Crippen molar-refractivity contribution >= 4 is 34.8 Å². The largest absolute Gasteiger partial charge is 0.280 e. The van der Waals surface area contributed by atoms with Gasteiger partial charge in [0.15, 0.2) is 0 Å². The van der Waals surface area contributed by atoms with Crippen LogP contribution in [0, 0.1) is 5.82 Å². The molecular formula is C24H22Cl3FN2. The molecule has 0 radical (unpaired) electrons. The van der Waals surface area contributed by atoms with Crippen LogP contribution in [0.1, 0.15) is 29.3 Å². The topological polar surface area (TPSA) is 6.48 Å². The Morgan fingerprint density at radius 3 is 2.00 bits per heavy atom. The molecular weight excluding hydrogens is 442 g/mol. The molecule has 6 heteroatoms. The van der Waals surface area contributed by atoms with Crippen LogP contribution in [0.3, 0.4) is 0 Å². The molecule has 0 bridgehead atoms. The molecule has 1 aliphatic heterocycles. The highest BCUT2D eigenvalue weighted by Gasteiger charge is 2.33. The normalized spacial score (nSPS) is 17.9. The molecule has 30 heavy (non-hydrogen) atoms. The zero-order valence-electron chi connectivity index (χ0n) is 16.4. The maximum absolute atomic E-state index is 13.4. The first kappa shape index (κ1) is 21.6. The minimum Gasteiger partial charge on any atom is -0.280 e.